The van der Waals surface area contributed by atoms with Crippen LogP contribution >= 0.6 is 0 Å². The van der Waals surface area contributed by atoms with Crippen molar-refractivity contribution in [2.45, 2.75) is 85.5 Å². The molecule has 1 rings (SSSR count). The fourth-order valence-electron chi connectivity index (χ4n) is 3.85. The third-order valence-corrected chi connectivity index (χ3v) is 5.77. The second kappa shape index (κ2) is 7.36. The first-order valence-electron chi connectivity index (χ1n) is 8.27. The van der Waals surface area contributed by atoms with Gasteiger partial charge in [-0.25, -0.2) is 0 Å². The quantitative estimate of drug-likeness (QED) is 0.461. The maximum absolute atomic E-state index is 4.40. The molecule has 1 atom stereocenters. The maximum atomic E-state index is 4.40. The minimum Gasteiger partial charge on any atom is -0.0996 e. The van der Waals surface area contributed by atoms with Crippen molar-refractivity contribution in [3.05, 3.63) is 12.2 Å². The minimum absolute atomic E-state index is 0.556. The lowest BCUT2D eigenvalue weighted by Crippen LogP contribution is -2.32. The molecule has 0 spiro atoms. The van der Waals surface area contributed by atoms with Crippen molar-refractivity contribution in [3.8, 4) is 0 Å². The first-order chi connectivity index (χ1) is 8.59. The smallest absolute Gasteiger partial charge is 0.0237 e. The van der Waals surface area contributed by atoms with E-state index in [0.29, 0.717) is 11.3 Å². The summed E-state index contributed by atoms with van der Waals surface area (Å²) in [5, 5.41) is 0. The maximum Gasteiger partial charge on any atom is -0.0237 e. The molecule has 0 aliphatic heterocycles. The molecule has 0 aromatic carbocycles. The van der Waals surface area contributed by atoms with Crippen LogP contribution in [0.25, 0.3) is 0 Å². The highest BCUT2D eigenvalue weighted by atomic mass is 14.4. The molecule has 1 aliphatic rings. The van der Waals surface area contributed by atoms with Crippen LogP contribution in [0.3, 0.4) is 0 Å². The van der Waals surface area contributed by atoms with E-state index in [-0.39, 0.29) is 0 Å². The van der Waals surface area contributed by atoms with Crippen LogP contribution in [-0.4, -0.2) is 0 Å². The van der Waals surface area contributed by atoms with Crippen LogP contribution in [0.4, 0.5) is 0 Å². The standard InChI is InChI=1S/C18H34/c1-6-15(4)16(5)14-18(7-2,8-3)17-12-10-9-11-13-17/h15,17H,5-14H2,1-4H3. The van der Waals surface area contributed by atoms with Crippen LogP contribution in [0.5, 0.6) is 0 Å². The fraction of sp³-hybridized carbons (Fsp3) is 0.889. The molecule has 0 aromatic heterocycles. The van der Waals surface area contributed by atoms with Crippen LogP contribution in [0.2, 0.25) is 0 Å². The van der Waals surface area contributed by atoms with Crippen molar-refractivity contribution in [1.29, 1.82) is 0 Å². The van der Waals surface area contributed by atoms with Gasteiger partial charge in [-0.1, -0.05) is 59.1 Å². The van der Waals surface area contributed by atoms with Crippen molar-refractivity contribution in [1.82, 2.24) is 0 Å². The molecule has 1 aliphatic carbocycles. The monoisotopic (exact) mass is 250 g/mol. The van der Waals surface area contributed by atoms with Gasteiger partial charge in [0.1, 0.15) is 0 Å². The minimum atomic E-state index is 0.556. The second-order valence-corrected chi connectivity index (χ2v) is 6.55. The lowest BCUT2D eigenvalue weighted by atomic mass is 9.62. The lowest BCUT2D eigenvalue weighted by molar-refractivity contribution is 0.100. The summed E-state index contributed by atoms with van der Waals surface area (Å²) in [6.45, 7) is 13.8. The van der Waals surface area contributed by atoms with Gasteiger partial charge in [0.15, 0.2) is 0 Å². The Bertz CT molecular complexity index is 241. The molecule has 0 bridgehead atoms. The van der Waals surface area contributed by atoms with E-state index in [2.05, 4.69) is 34.3 Å². The Kier molecular flexibility index (Phi) is 6.46. The molecule has 0 heterocycles. The molecular weight excluding hydrogens is 216 g/mol. The Balaban J connectivity index is 2.75. The Morgan fingerprint density at radius 2 is 1.67 bits per heavy atom. The Hall–Kier alpha value is -0.260. The molecule has 1 unspecified atom stereocenters. The topological polar surface area (TPSA) is 0 Å². The number of hydrogen-bond donors (Lipinski definition) is 0. The zero-order valence-corrected chi connectivity index (χ0v) is 13.2. The molecule has 0 N–H and O–H groups in total. The number of hydrogen-bond acceptors (Lipinski definition) is 0. The van der Waals surface area contributed by atoms with Crippen LogP contribution in [-0.2, 0) is 0 Å². The summed E-state index contributed by atoms with van der Waals surface area (Å²) in [5.74, 6) is 1.66. The summed E-state index contributed by atoms with van der Waals surface area (Å²) < 4.78 is 0. The van der Waals surface area contributed by atoms with E-state index in [0.717, 1.165) is 5.92 Å². The van der Waals surface area contributed by atoms with Crippen molar-refractivity contribution >= 4 is 0 Å². The van der Waals surface area contributed by atoms with Gasteiger partial charge < -0.3 is 0 Å². The van der Waals surface area contributed by atoms with Gasteiger partial charge in [0, 0.05) is 0 Å². The molecule has 1 fully saturated rings. The van der Waals surface area contributed by atoms with E-state index in [1.165, 1.54) is 63.4 Å². The number of allylic oxidation sites excluding steroid dienone is 1. The van der Waals surface area contributed by atoms with Crippen LogP contribution in [0.15, 0.2) is 12.2 Å². The summed E-state index contributed by atoms with van der Waals surface area (Å²) in [6, 6.07) is 0. The molecule has 0 saturated heterocycles. The van der Waals surface area contributed by atoms with Gasteiger partial charge in [0.25, 0.3) is 0 Å². The summed E-state index contributed by atoms with van der Waals surface area (Å²) in [5.41, 5.74) is 2.06. The molecule has 18 heavy (non-hydrogen) atoms. The van der Waals surface area contributed by atoms with Crippen molar-refractivity contribution in [2.24, 2.45) is 17.3 Å². The van der Waals surface area contributed by atoms with Crippen molar-refractivity contribution < 1.29 is 0 Å². The molecule has 0 amide bonds. The van der Waals surface area contributed by atoms with Gasteiger partial charge >= 0.3 is 0 Å². The van der Waals surface area contributed by atoms with Gasteiger partial charge in [-0.3, -0.25) is 0 Å². The number of rotatable bonds is 7. The molecule has 1 saturated carbocycles. The first kappa shape index (κ1) is 15.8. The molecule has 0 aromatic rings. The van der Waals surface area contributed by atoms with Crippen LogP contribution < -0.4 is 0 Å². The summed E-state index contributed by atoms with van der Waals surface area (Å²) in [6.07, 6.45) is 12.5. The largest absolute Gasteiger partial charge is 0.0996 e. The van der Waals surface area contributed by atoms with E-state index in [4.69, 9.17) is 0 Å². The fourth-order valence-corrected chi connectivity index (χ4v) is 3.85. The van der Waals surface area contributed by atoms with Crippen molar-refractivity contribution in [2.75, 3.05) is 0 Å². The van der Waals surface area contributed by atoms with Gasteiger partial charge in [-0.15, -0.1) is 0 Å². The van der Waals surface area contributed by atoms with Gasteiger partial charge in [-0.2, -0.15) is 0 Å². The highest BCUT2D eigenvalue weighted by molar-refractivity contribution is 5.05. The zero-order chi connectivity index (χ0) is 13.6. The van der Waals surface area contributed by atoms with Crippen LogP contribution in [0, 0.1) is 17.3 Å². The first-order valence-corrected chi connectivity index (χ1v) is 8.27. The lowest BCUT2D eigenvalue weighted by Gasteiger charge is -2.43. The SMILES string of the molecule is C=C(CC(CC)(CC)C1CCCCC1)C(C)CC. The van der Waals surface area contributed by atoms with Crippen molar-refractivity contribution in [3.63, 3.8) is 0 Å². The molecule has 106 valence electrons. The third kappa shape index (κ3) is 3.62. The second-order valence-electron chi connectivity index (χ2n) is 6.55. The van der Waals surface area contributed by atoms with Gasteiger partial charge in [0.2, 0.25) is 0 Å². The van der Waals surface area contributed by atoms with E-state index in [9.17, 15) is 0 Å². The third-order valence-electron chi connectivity index (χ3n) is 5.77. The summed E-state index contributed by atoms with van der Waals surface area (Å²) in [4.78, 5) is 0. The molecular formula is C18H34. The Morgan fingerprint density at radius 1 is 1.11 bits per heavy atom. The predicted octanol–water partition coefficient (Wildman–Crippen LogP) is 6.37. The van der Waals surface area contributed by atoms with E-state index in [1.54, 1.807) is 0 Å². The Labute approximate surface area is 115 Å². The summed E-state index contributed by atoms with van der Waals surface area (Å²) >= 11 is 0. The van der Waals surface area contributed by atoms with Gasteiger partial charge in [0.05, 0.1) is 0 Å². The molecule has 0 heteroatoms. The molecule has 0 nitrogen and oxygen atoms in total. The molecule has 0 radical (unpaired) electrons. The van der Waals surface area contributed by atoms with E-state index in [1.807, 2.05) is 0 Å². The average Bonchev–Trinajstić information content (AvgIpc) is 2.44. The van der Waals surface area contributed by atoms with Crippen LogP contribution in [0.1, 0.15) is 85.5 Å². The predicted molar refractivity (Wildman–Crippen MR) is 82.8 cm³/mol. The van der Waals surface area contributed by atoms with E-state index >= 15 is 0 Å². The summed E-state index contributed by atoms with van der Waals surface area (Å²) in [7, 11) is 0. The normalized spacial score (nSPS) is 19.8. The Morgan fingerprint density at radius 3 is 2.11 bits per heavy atom. The highest BCUT2D eigenvalue weighted by Gasteiger charge is 2.36. The zero-order valence-electron chi connectivity index (χ0n) is 13.2. The highest BCUT2D eigenvalue weighted by Crippen LogP contribution is 2.48. The van der Waals surface area contributed by atoms with E-state index < -0.39 is 0 Å². The van der Waals surface area contributed by atoms with Gasteiger partial charge in [-0.05, 0) is 55.8 Å². The average molecular weight is 250 g/mol.